The van der Waals surface area contributed by atoms with E-state index in [0.717, 1.165) is 92.1 Å². The minimum absolute atomic E-state index is 0.639. The first-order chi connectivity index (χ1) is 15.7. The van der Waals surface area contributed by atoms with Crippen molar-refractivity contribution >= 4 is 5.82 Å². The molecule has 3 aromatic heterocycles. The first-order valence-electron chi connectivity index (χ1n) is 11.5. The van der Waals surface area contributed by atoms with Crippen molar-refractivity contribution in [3.05, 3.63) is 54.1 Å². The van der Waals surface area contributed by atoms with Gasteiger partial charge in [0.15, 0.2) is 5.82 Å². The number of nitrogens with zero attached hydrogens (tertiary/aromatic N) is 6. The van der Waals surface area contributed by atoms with E-state index < -0.39 is 0 Å². The summed E-state index contributed by atoms with van der Waals surface area (Å²) in [5.74, 6) is 1.73. The normalized spacial score (nSPS) is 18.1. The average molecular weight is 431 g/mol. The molecule has 166 valence electrons. The van der Waals surface area contributed by atoms with Crippen molar-refractivity contribution in [3.63, 3.8) is 0 Å². The fourth-order valence-electron chi connectivity index (χ4n) is 4.75. The molecule has 2 aliphatic rings. The fraction of sp³-hybridized carbons (Fsp3) is 0.440. The molecule has 0 unspecified atom stereocenters. The van der Waals surface area contributed by atoms with Gasteiger partial charge in [-0.25, -0.2) is 9.97 Å². The molecule has 2 aliphatic heterocycles. The monoisotopic (exact) mass is 430 g/mol. The number of anilines is 1. The van der Waals surface area contributed by atoms with Crippen molar-refractivity contribution in [2.24, 2.45) is 0 Å². The number of rotatable bonds is 4. The Morgan fingerprint density at radius 2 is 1.62 bits per heavy atom. The van der Waals surface area contributed by atoms with Gasteiger partial charge < -0.3 is 9.64 Å². The maximum atomic E-state index is 5.53. The molecule has 0 radical (unpaired) electrons. The summed E-state index contributed by atoms with van der Waals surface area (Å²) in [6.45, 7) is 9.84. The second-order valence-corrected chi connectivity index (χ2v) is 8.68. The van der Waals surface area contributed by atoms with E-state index in [-0.39, 0.29) is 0 Å². The van der Waals surface area contributed by atoms with E-state index in [1.807, 2.05) is 26.1 Å². The van der Waals surface area contributed by atoms with Crippen LogP contribution in [-0.2, 0) is 4.74 Å². The molecule has 3 aromatic rings. The molecule has 7 heteroatoms. The van der Waals surface area contributed by atoms with Crippen molar-refractivity contribution < 1.29 is 4.74 Å². The number of aryl methyl sites for hydroxylation is 2. The fourth-order valence-corrected chi connectivity index (χ4v) is 4.75. The Hall–Kier alpha value is -2.90. The van der Waals surface area contributed by atoms with E-state index in [1.54, 1.807) is 6.20 Å². The first kappa shape index (κ1) is 21.0. The molecule has 0 amide bonds. The number of hydrogen-bond acceptors (Lipinski definition) is 7. The van der Waals surface area contributed by atoms with Crippen LogP contribution in [0.3, 0.4) is 0 Å². The standard InChI is InChI=1S/C25H30N6O/c1-18-14-21(15-19(2)27-18)25-28-23(20-4-3-7-26-17-20)16-24(29-25)31-8-5-22(6-9-31)30-10-12-32-13-11-30/h3-4,7,14-17,22H,5-6,8-13H2,1-2H3. The Morgan fingerprint density at radius 1 is 0.875 bits per heavy atom. The van der Waals surface area contributed by atoms with E-state index in [0.29, 0.717) is 6.04 Å². The highest BCUT2D eigenvalue weighted by Crippen LogP contribution is 2.29. The minimum atomic E-state index is 0.639. The van der Waals surface area contributed by atoms with E-state index in [1.165, 1.54) is 0 Å². The van der Waals surface area contributed by atoms with Gasteiger partial charge in [-0.2, -0.15) is 0 Å². The number of piperidine rings is 1. The molecule has 0 aliphatic carbocycles. The van der Waals surface area contributed by atoms with Crippen molar-refractivity contribution in [2.45, 2.75) is 32.7 Å². The van der Waals surface area contributed by atoms with E-state index in [9.17, 15) is 0 Å². The molecule has 2 saturated heterocycles. The minimum Gasteiger partial charge on any atom is -0.379 e. The van der Waals surface area contributed by atoms with Gasteiger partial charge in [-0.1, -0.05) is 0 Å². The smallest absolute Gasteiger partial charge is 0.162 e. The highest BCUT2D eigenvalue weighted by molar-refractivity contribution is 5.67. The van der Waals surface area contributed by atoms with Gasteiger partial charge >= 0.3 is 0 Å². The molecule has 0 N–H and O–H groups in total. The zero-order valence-corrected chi connectivity index (χ0v) is 18.9. The van der Waals surface area contributed by atoms with Crippen LogP contribution >= 0.6 is 0 Å². The molecule has 0 aromatic carbocycles. The molecule has 0 spiro atoms. The molecule has 5 heterocycles. The lowest BCUT2D eigenvalue weighted by molar-refractivity contribution is 0.0115. The van der Waals surface area contributed by atoms with Crippen LogP contribution in [0.25, 0.3) is 22.6 Å². The van der Waals surface area contributed by atoms with Crippen LogP contribution in [0.2, 0.25) is 0 Å². The van der Waals surface area contributed by atoms with E-state index in [4.69, 9.17) is 14.7 Å². The summed E-state index contributed by atoms with van der Waals surface area (Å²) in [4.78, 5) is 23.7. The van der Waals surface area contributed by atoms with Gasteiger partial charge in [0.1, 0.15) is 5.82 Å². The van der Waals surface area contributed by atoms with Gasteiger partial charge in [-0.05, 0) is 51.0 Å². The second-order valence-electron chi connectivity index (χ2n) is 8.68. The van der Waals surface area contributed by atoms with Crippen molar-refractivity contribution in [3.8, 4) is 22.6 Å². The van der Waals surface area contributed by atoms with Crippen LogP contribution in [0.1, 0.15) is 24.2 Å². The Bertz CT molecular complexity index is 1040. The third kappa shape index (κ3) is 4.64. The zero-order valence-electron chi connectivity index (χ0n) is 18.9. The quantitative estimate of drug-likeness (QED) is 0.627. The van der Waals surface area contributed by atoms with Crippen LogP contribution in [-0.4, -0.2) is 70.3 Å². The van der Waals surface area contributed by atoms with Crippen LogP contribution in [0.15, 0.2) is 42.7 Å². The lowest BCUT2D eigenvalue weighted by Crippen LogP contribution is -2.49. The highest BCUT2D eigenvalue weighted by Gasteiger charge is 2.27. The summed E-state index contributed by atoms with van der Waals surface area (Å²) in [7, 11) is 0. The Labute approximate surface area is 189 Å². The Kier molecular flexibility index (Phi) is 6.10. The van der Waals surface area contributed by atoms with Gasteiger partial charge in [-0.15, -0.1) is 0 Å². The van der Waals surface area contributed by atoms with E-state index in [2.05, 4.69) is 44.0 Å². The maximum Gasteiger partial charge on any atom is 0.162 e. The summed E-state index contributed by atoms with van der Waals surface area (Å²) < 4.78 is 5.53. The summed E-state index contributed by atoms with van der Waals surface area (Å²) in [5, 5.41) is 0. The lowest BCUT2D eigenvalue weighted by Gasteiger charge is -2.40. The van der Waals surface area contributed by atoms with Gasteiger partial charge in [0, 0.05) is 73.2 Å². The van der Waals surface area contributed by atoms with Crippen molar-refractivity contribution in [1.29, 1.82) is 0 Å². The molecule has 0 bridgehead atoms. The Balaban J connectivity index is 1.45. The number of ether oxygens (including phenoxy) is 1. The zero-order chi connectivity index (χ0) is 21.9. The molecule has 2 fully saturated rings. The molecule has 0 saturated carbocycles. The van der Waals surface area contributed by atoms with Crippen LogP contribution in [0, 0.1) is 13.8 Å². The SMILES string of the molecule is Cc1cc(-c2nc(-c3cccnc3)cc(N3CCC(N4CCOCC4)CC3)n2)cc(C)n1. The first-order valence-corrected chi connectivity index (χ1v) is 11.5. The largest absolute Gasteiger partial charge is 0.379 e. The molecule has 0 atom stereocenters. The topological polar surface area (TPSA) is 67.3 Å². The van der Waals surface area contributed by atoms with Gasteiger partial charge in [-0.3, -0.25) is 14.9 Å². The van der Waals surface area contributed by atoms with Gasteiger partial charge in [0.2, 0.25) is 0 Å². The lowest BCUT2D eigenvalue weighted by atomic mass is 10.0. The second kappa shape index (κ2) is 9.30. The number of hydrogen-bond donors (Lipinski definition) is 0. The predicted octanol–water partition coefficient (Wildman–Crippen LogP) is 3.52. The number of pyridine rings is 2. The third-order valence-electron chi connectivity index (χ3n) is 6.36. The van der Waals surface area contributed by atoms with Crippen molar-refractivity contribution in [1.82, 2.24) is 24.8 Å². The molecule has 7 nitrogen and oxygen atoms in total. The maximum absolute atomic E-state index is 5.53. The van der Waals surface area contributed by atoms with Gasteiger partial charge in [0.25, 0.3) is 0 Å². The molecular formula is C25H30N6O. The third-order valence-corrected chi connectivity index (χ3v) is 6.36. The molecule has 5 rings (SSSR count). The summed E-state index contributed by atoms with van der Waals surface area (Å²) in [6, 6.07) is 10.9. The van der Waals surface area contributed by atoms with Crippen LogP contribution in [0.5, 0.6) is 0 Å². The number of aromatic nitrogens is 4. The van der Waals surface area contributed by atoms with Crippen LogP contribution in [0.4, 0.5) is 5.82 Å². The molecular weight excluding hydrogens is 400 g/mol. The average Bonchev–Trinajstić information content (AvgIpc) is 2.84. The summed E-state index contributed by atoms with van der Waals surface area (Å²) in [5.41, 5.74) is 4.86. The predicted molar refractivity (Wildman–Crippen MR) is 126 cm³/mol. The molecule has 32 heavy (non-hydrogen) atoms. The van der Waals surface area contributed by atoms with Gasteiger partial charge in [0.05, 0.1) is 18.9 Å². The summed E-state index contributed by atoms with van der Waals surface area (Å²) >= 11 is 0. The summed E-state index contributed by atoms with van der Waals surface area (Å²) in [6.07, 6.45) is 5.95. The van der Waals surface area contributed by atoms with Crippen LogP contribution < -0.4 is 4.90 Å². The Morgan fingerprint density at radius 3 is 2.31 bits per heavy atom. The van der Waals surface area contributed by atoms with E-state index >= 15 is 0 Å². The van der Waals surface area contributed by atoms with Crippen molar-refractivity contribution in [2.75, 3.05) is 44.3 Å². The number of morpholine rings is 1. The highest BCUT2D eigenvalue weighted by atomic mass is 16.5.